The molecule has 0 bridgehead atoms. The van der Waals surface area contributed by atoms with Gasteiger partial charge in [0.15, 0.2) is 0 Å². The molecular weight excluding hydrogens is 324 g/mol. The van der Waals surface area contributed by atoms with Crippen molar-refractivity contribution in [3.63, 3.8) is 0 Å². The molecule has 0 aliphatic carbocycles. The third kappa shape index (κ3) is 14.9. The van der Waals surface area contributed by atoms with Crippen LogP contribution in [0.2, 0.25) is 12.1 Å². The van der Waals surface area contributed by atoms with E-state index in [0.29, 0.717) is 0 Å². The molecule has 25 heavy (non-hydrogen) atoms. The standard InChI is InChI=1S/C22H48O2Si/c1-5-9-11-13-15-16-18-20-22-24-25(7-3,8-4)23-21-19-17-14-12-10-6-2/h5-22H2,1-4H3. The monoisotopic (exact) mass is 372 g/mol. The Labute approximate surface area is 160 Å². The Morgan fingerprint density at radius 1 is 0.440 bits per heavy atom. The fourth-order valence-corrected chi connectivity index (χ4v) is 5.77. The molecule has 0 aliphatic rings. The Morgan fingerprint density at radius 3 is 1.08 bits per heavy atom. The van der Waals surface area contributed by atoms with Gasteiger partial charge in [0.1, 0.15) is 0 Å². The molecule has 0 rings (SSSR count). The summed E-state index contributed by atoms with van der Waals surface area (Å²) in [6.45, 7) is 10.9. The zero-order valence-corrected chi connectivity index (χ0v) is 19.0. The second-order valence-electron chi connectivity index (χ2n) is 7.56. The van der Waals surface area contributed by atoms with Crippen molar-refractivity contribution in [1.82, 2.24) is 0 Å². The van der Waals surface area contributed by atoms with Crippen molar-refractivity contribution >= 4 is 8.56 Å². The van der Waals surface area contributed by atoms with Crippen molar-refractivity contribution < 1.29 is 8.85 Å². The minimum Gasteiger partial charge on any atom is -0.394 e. The van der Waals surface area contributed by atoms with E-state index in [-0.39, 0.29) is 0 Å². The van der Waals surface area contributed by atoms with Gasteiger partial charge < -0.3 is 8.85 Å². The Bertz CT molecular complexity index is 254. The van der Waals surface area contributed by atoms with Gasteiger partial charge >= 0.3 is 8.56 Å². The molecule has 0 heterocycles. The molecule has 0 fully saturated rings. The molecule has 0 unspecified atom stereocenters. The highest BCUT2D eigenvalue weighted by atomic mass is 28.4. The Balaban J connectivity index is 3.69. The lowest BCUT2D eigenvalue weighted by Crippen LogP contribution is -2.41. The summed E-state index contributed by atoms with van der Waals surface area (Å²) in [7, 11) is -1.90. The molecule has 152 valence electrons. The summed E-state index contributed by atoms with van der Waals surface area (Å²) in [6, 6.07) is 2.19. The van der Waals surface area contributed by atoms with E-state index < -0.39 is 8.56 Å². The van der Waals surface area contributed by atoms with Gasteiger partial charge in [0, 0.05) is 13.2 Å². The number of rotatable bonds is 20. The van der Waals surface area contributed by atoms with E-state index >= 15 is 0 Å². The summed E-state index contributed by atoms with van der Waals surface area (Å²) < 4.78 is 12.7. The first-order valence-electron chi connectivity index (χ1n) is 11.5. The Morgan fingerprint density at radius 2 is 0.760 bits per heavy atom. The van der Waals surface area contributed by atoms with Crippen LogP contribution in [0.1, 0.15) is 118 Å². The van der Waals surface area contributed by atoms with Crippen molar-refractivity contribution in [3.05, 3.63) is 0 Å². The molecule has 3 heteroatoms. The van der Waals surface area contributed by atoms with Gasteiger partial charge in [-0.1, -0.05) is 105 Å². The average Bonchev–Trinajstić information content (AvgIpc) is 2.64. The van der Waals surface area contributed by atoms with E-state index in [1.54, 1.807) is 0 Å². The normalized spacial score (nSPS) is 12.0. The van der Waals surface area contributed by atoms with Gasteiger partial charge in [-0.3, -0.25) is 0 Å². The van der Waals surface area contributed by atoms with Crippen molar-refractivity contribution in [2.24, 2.45) is 0 Å². The topological polar surface area (TPSA) is 18.5 Å². The lowest BCUT2D eigenvalue weighted by molar-refractivity contribution is 0.163. The van der Waals surface area contributed by atoms with Crippen LogP contribution in [-0.2, 0) is 8.85 Å². The SMILES string of the molecule is CCCCCCCCCCO[Si](CC)(CC)OCCCCCCCC. The zero-order valence-electron chi connectivity index (χ0n) is 18.0. The van der Waals surface area contributed by atoms with Crippen molar-refractivity contribution in [2.45, 2.75) is 130 Å². The van der Waals surface area contributed by atoms with Crippen molar-refractivity contribution in [2.75, 3.05) is 13.2 Å². The number of unbranched alkanes of at least 4 members (excludes halogenated alkanes) is 12. The average molecular weight is 373 g/mol. The third-order valence-electron chi connectivity index (χ3n) is 5.30. The molecule has 0 aromatic carbocycles. The lowest BCUT2D eigenvalue weighted by atomic mass is 10.1. The highest BCUT2D eigenvalue weighted by Gasteiger charge is 2.33. The van der Waals surface area contributed by atoms with Crippen molar-refractivity contribution in [1.29, 1.82) is 0 Å². The maximum atomic E-state index is 6.33. The second-order valence-corrected chi connectivity index (χ2v) is 11.4. The molecule has 0 radical (unpaired) electrons. The van der Waals surface area contributed by atoms with Crippen LogP contribution in [0.15, 0.2) is 0 Å². The molecule has 0 spiro atoms. The molecule has 0 aromatic heterocycles. The van der Waals surface area contributed by atoms with Crippen LogP contribution in [0.3, 0.4) is 0 Å². The highest BCUT2D eigenvalue weighted by Crippen LogP contribution is 2.20. The third-order valence-corrected chi connectivity index (χ3v) is 8.92. The molecule has 0 saturated heterocycles. The van der Waals surface area contributed by atoms with E-state index in [0.717, 1.165) is 25.3 Å². The van der Waals surface area contributed by atoms with Gasteiger partial charge in [0.25, 0.3) is 0 Å². The molecule has 0 saturated carbocycles. The maximum absolute atomic E-state index is 6.33. The maximum Gasteiger partial charge on any atom is 0.337 e. The quantitative estimate of drug-likeness (QED) is 0.159. The van der Waals surface area contributed by atoms with E-state index in [4.69, 9.17) is 8.85 Å². The summed E-state index contributed by atoms with van der Waals surface area (Å²) in [5.74, 6) is 0. The van der Waals surface area contributed by atoms with Crippen molar-refractivity contribution in [3.8, 4) is 0 Å². The van der Waals surface area contributed by atoms with Crippen LogP contribution in [-0.4, -0.2) is 21.8 Å². The van der Waals surface area contributed by atoms with E-state index in [2.05, 4.69) is 27.7 Å². The summed E-state index contributed by atoms with van der Waals surface area (Å²) in [4.78, 5) is 0. The van der Waals surface area contributed by atoms with Crippen LogP contribution in [0.5, 0.6) is 0 Å². The zero-order chi connectivity index (χ0) is 18.6. The van der Waals surface area contributed by atoms with Crippen LogP contribution < -0.4 is 0 Å². The lowest BCUT2D eigenvalue weighted by Gasteiger charge is -2.29. The van der Waals surface area contributed by atoms with E-state index in [9.17, 15) is 0 Å². The first-order chi connectivity index (χ1) is 12.2. The number of hydrogen-bond donors (Lipinski definition) is 0. The smallest absolute Gasteiger partial charge is 0.337 e. The summed E-state index contributed by atoms with van der Waals surface area (Å²) >= 11 is 0. The predicted octanol–water partition coefficient (Wildman–Crippen LogP) is 8.00. The van der Waals surface area contributed by atoms with Crippen LogP contribution in [0, 0.1) is 0 Å². The molecule has 0 N–H and O–H groups in total. The van der Waals surface area contributed by atoms with Gasteiger partial charge in [0.2, 0.25) is 0 Å². The molecule has 0 atom stereocenters. The summed E-state index contributed by atoms with van der Waals surface area (Å²) in [6.07, 6.45) is 18.9. The first-order valence-corrected chi connectivity index (χ1v) is 13.8. The molecule has 0 aliphatic heterocycles. The molecule has 2 nitrogen and oxygen atoms in total. The van der Waals surface area contributed by atoms with E-state index in [1.165, 1.54) is 89.9 Å². The highest BCUT2D eigenvalue weighted by molar-refractivity contribution is 6.67. The minimum atomic E-state index is -1.90. The minimum absolute atomic E-state index is 0.914. The molecule has 0 aromatic rings. The fourth-order valence-electron chi connectivity index (χ4n) is 3.33. The van der Waals surface area contributed by atoms with Crippen LogP contribution >= 0.6 is 0 Å². The second kappa shape index (κ2) is 18.9. The van der Waals surface area contributed by atoms with Crippen LogP contribution in [0.4, 0.5) is 0 Å². The Kier molecular flexibility index (Phi) is 19.0. The number of hydrogen-bond acceptors (Lipinski definition) is 2. The van der Waals surface area contributed by atoms with Gasteiger partial charge in [-0.05, 0) is 24.9 Å². The molecule has 0 amide bonds. The van der Waals surface area contributed by atoms with Gasteiger partial charge in [-0.15, -0.1) is 0 Å². The first kappa shape index (κ1) is 25.1. The Hall–Kier alpha value is 0.137. The van der Waals surface area contributed by atoms with Gasteiger partial charge in [0.05, 0.1) is 0 Å². The summed E-state index contributed by atoms with van der Waals surface area (Å²) in [5.41, 5.74) is 0. The van der Waals surface area contributed by atoms with E-state index in [1.807, 2.05) is 0 Å². The van der Waals surface area contributed by atoms with Gasteiger partial charge in [-0.25, -0.2) is 0 Å². The summed E-state index contributed by atoms with van der Waals surface area (Å²) in [5, 5.41) is 0. The largest absolute Gasteiger partial charge is 0.394 e. The predicted molar refractivity (Wildman–Crippen MR) is 115 cm³/mol. The molecular formula is C22H48O2Si. The van der Waals surface area contributed by atoms with Crippen LogP contribution in [0.25, 0.3) is 0 Å². The fraction of sp³-hybridized carbons (Fsp3) is 1.00. The van der Waals surface area contributed by atoms with Gasteiger partial charge in [-0.2, -0.15) is 0 Å².